The molecule has 0 aliphatic carbocycles. The van der Waals surface area contributed by atoms with Gasteiger partial charge in [-0.2, -0.15) is 0 Å². The van der Waals surface area contributed by atoms with Crippen LogP contribution in [0.2, 0.25) is 0 Å². The number of hydrogen-bond donors (Lipinski definition) is 1. The molecule has 0 aliphatic rings. The van der Waals surface area contributed by atoms with Crippen molar-refractivity contribution in [1.29, 1.82) is 0 Å². The maximum atomic E-state index is 9.97. The number of hydrogen-bond acceptors (Lipinski definition) is 3. The van der Waals surface area contributed by atoms with Crippen molar-refractivity contribution >= 4 is 5.97 Å². The Morgan fingerprint density at radius 3 is 2.25 bits per heavy atom. The maximum Gasteiger partial charge on any atom is 0.307 e. The van der Waals surface area contributed by atoms with E-state index in [0.717, 1.165) is 6.26 Å². The van der Waals surface area contributed by atoms with Crippen LogP contribution in [0, 0.1) is 0 Å². The van der Waals surface area contributed by atoms with Crippen molar-refractivity contribution in [3.8, 4) is 0 Å². The van der Waals surface area contributed by atoms with E-state index in [0.29, 0.717) is 0 Å². The molecule has 0 rings (SSSR count). The number of carbonyl (C=O) groups is 1. The molecule has 0 aliphatic heterocycles. The van der Waals surface area contributed by atoms with E-state index >= 15 is 0 Å². The Kier molecular flexibility index (Phi) is 2.69. The van der Waals surface area contributed by atoms with Gasteiger partial charge in [0.05, 0.1) is 0 Å². The summed E-state index contributed by atoms with van der Waals surface area (Å²) >= 11 is 0. The number of aliphatic hydroxyl groups is 1. The topological polar surface area (TPSA) is 46.5 Å². The van der Waals surface area contributed by atoms with Crippen LogP contribution >= 0.6 is 0 Å². The zero-order chi connectivity index (χ0) is 6.57. The van der Waals surface area contributed by atoms with E-state index in [1.807, 2.05) is 0 Å². The van der Waals surface area contributed by atoms with Gasteiger partial charge in [0.2, 0.25) is 0 Å². The summed E-state index contributed by atoms with van der Waals surface area (Å²) in [5.74, 6) is -0.446. The van der Waals surface area contributed by atoms with Gasteiger partial charge in [-0.3, -0.25) is 4.79 Å². The lowest BCUT2D eigenvalue weighted by molar-refractivity contribution is -0.135. The van der Waals surface area contributed by atoms with E-state index in [-0.39, 0.29) is 5.76 Å². The van der Waals surface area contributed by atoms with Crippen LogP contribution in [-0.4, -0.2) is 11.1 Å². The summed E-state index contributed by atoms with van der Waals surface area (Å²) in [5.41, 5.74) is 0. The van der Waals surface area contributed by atoms with Crippen molar-refractivity contribution < 1.29 is 14.6 Å². The van der Waals surface area contributed by atoms with Gasteiger partial charge < -0.3 is 9.84 Å². The molecule has 0 heterocycles. The standard InChI is InChI=1S/C5H8O3/c1-4(6)3-8-5(2)7/h3,6H,1-2H3. The number of aliphatic hydroxyl groups excluding tert-OH is 1. The van der Waals surface area contributed by atoms with Crippen LogP contribution in [0.15, 0.2) is 12.0 Å². The summed E-state index contributed by atoms with van der Waals surface area (Å²) in [7, 11) is 0. The van der Waals surface area contributed by atoms with Crippen molar-refractivity contribution in [3.63, 3.8) is 0 Å². The first kappa shape index (κ1) is 7.01. The van der Waals surface area contributed by atoms with Crippen molar-refractivity contribution in [2.75, 3.05) is 0 Å². The van der Waals surface area contributed by atoms with Crippen LogP contribution in [0.4, 0.5) is 0 Å². The van der Waals surface area contributed by atoms with Gasteiger partial charge in [0, 0.05) is 6.92 Å². The summed E-state index contributed by atoms with van der Waals surface area (Å²) in [6.45, 7) is 2.68. The van der Waals surface area contributed by atoms with Crippen LogP contribution < -0.4 is 0 Å². The van der Waals surface area contributed by atoms with E-state index in [2.05, 4.69) is 4.74 Å². The van der Waals surface area contributed by atoms with Crippen LogP contribution in [0.1, 0.15) is 13.8 Å². The average Bonchev–Trinajstić information content (AvgIpc) is 1.61. The second kappa shape index (κ2) is 3.07. The SMILES string of the molecule is CC(=O)OC=C(C)O. The molecular weight excluding hydrogens is 108 g/mol. The Hall–Kier alpha value is -0.990. The summed E-state index contributed by atoms with van der Waals surface area (Å²) in [6, 6.07) is 0. The third-order valence-corrected chi connectivity index (χ3v) is 0.395. The second-order valence-corrected chi connectivity index (χ2v) is 1.37. The minimum Gasteiger partial charge on any atom is -0.509 e. The fourth-order valence-corrected chi connectivity index (χ4v) is 0.168. The van der Waals surface area contributed by atoms with Gasteiger partial charge in [-0.1, -0.05) is 0 Å². The largest absolute Gasteiger partial charge is 0.509 e. The molecule has 0 unspecified atom stereocenters. The van der Waals surface area contributed by atoms with Crippen LogP contribution in [0.3, 0.4) is 0 Å². The number of ether oxygens (including phenoxy) is 1. The molecule has 0 amide bonds. The maximum absolute atomic E-state index is 9.97. The highest BCUT2D eigenvalue weighted by Gasteiger charge is 1.85. The molecule has 0 radical (unpaired) electrons. The molecule has 0 saturated heterocycles. The van der Waals surface area contributed by atoms with Gasteiger partial charge in [0.1, 0.15) is 12.0 Å². The molecule has 0 bridgehead atoms. The van der Waals surface area contributed by atoms with E-state index in [1.54, 1.807) is 0 Å². The molecule has 1 N–H and O–H groups in total. The number of carbonyl (C=O) groups excluding carboxylic acids is 1. The predicted molar refractivity (Wildman–Crippen MR) is 28.2 cm³/mol. The molecule has 0 aromatic heterocycles. The van der Waals surface area contributed by atoms with E-state index < -0.39 is 5.97 Å². The molecule has 0 saturated carbocycles. The number of esters is 1. The van der Waals surface area contributed by atoms with Gasteiger partial charge in [0.15, 0.2) is 0 Å². The molecule has 0 atom stereocenters. The minimum atomic E-state index is -0.432. The Balaban J connectivity index is 3.45. The summed E-state index contributed by atoms with van der Waals surface area (Å²) in [6.07, 6.45) is 0.988. The van der Waals surface area contributed by atoms with Crippen LogP contribution in [0.5, 0.6) is 0 Å². The Bertz CT molecular complexity index is 111. The van der Waals surface area contributed by atoms with Gasteiger partial charge >= 0.3 is 5.97 Å². The Morgan fingerprint density at radius 1 is 1.62 bits per heavy atom. The normalized spacial score (nSPS) is 11.0. The third kappa shape index (κ3) is 5.01. The molecule has 8 heavy (non-hydrogen) atoms. The Labute approximate surface area is 47.6 Å². The molecule has 0 aromatic carbocycles. The summed E-state index contributed by atoms with van der Waals surface area (Å²) in [4.78, 5) is 9.97. The highest BCUT2D eigenvalue weighted by molar-refractivity contribution is 5.66. The highest BCUT2D eigenvalue weighted by atomic mass is 16.5. The van der Waals surface area contributed by atoms with Crippen LogP contribution in [-0.2, 0) is 9.53 Å². The van der Waals surface area contributed by atoms with Crippen molar-refractivity contribution in [2.24, 2.45) is 0 Å². The van der Waals surface area contributed by atoms with Gasteiger partial charge in [-0.15, -0.1) is 0 Å². The number of allylic oxidation sites excluding steroid dienone is 1. The third-order valence-electron chi connectivity index (χ3n) is 0.395. The molecule has 0 aromatic rings. The zero-order valence-electron chi connectivity index (χ0n) is 4.84. The first-order valence-electron chi connectivity index (χ1n) is 2.16. The highest BCUT2D eigenvalue weighted by Crippen LogP contribution is 1.84. The van der Waals surface area contributed by atoms with E-state index in [1.165, 1.54) is 13.8 Å². The lowest BCUT2D eigenvalue weighted by Crippen LogP contribution is -1.90. The van der Waals surface area contributed by atoms with Crippen molar-refractivity contribution in [1.82, 2.24) is 0 Å². The second-order valence-electron chi connectivity index (χ2n) is 1.37. The first-order chi connectivity index (χ1) is 3.63. The summed E-state index contributed by atoms with van der Waals surface area (Å²) < 4.78 is 4.25. The predicted octanol–water partition coefficient (Wildman–Crippen LogP) is 0.969. The zero-order valence-corrected chi connectivity index (χ0v) is 4.84. The molecule has 3 heteroatoms. The summed E-state index contributed by atoms with van der Waals surface area (Å²) in [5, 5.41) is 8.39. The van der Waals surface area contributed by atoms with Crippen molar-refractivity contribution in [2.45, 2.75) is 13.8 Å². The van der Waals surface area contributed by atoms with E-state index in [4.69, 9.17) is 5.11 Å². The number of rotatable bonds is 1. The monoisotopic (exact) mass is 116 g/mol. The average molecular weight is 116 g/mol. The van der Waals surface area contributed by atoms with Gasteiger partial charge in [0.25, 0.3) is 0 Å². The van der Waals surface area contributed by atoms with Gasteiger partial charge in [-0.25, -0.2) is 0 Å². The van der Waals surface area contributed by atoms with Crippen molar-refractivity contribution in [3.05, 3.63) is 12.0 Å². The smallest absolute Gasteiger partial charge is 0.307 e. The minimum absolute atomic E-state index is 0.0137. The van der Waals surface area contributed by atoms with E-state index in [9.17, 15) is 4.79 Å². The molecule has 0 fully saturated rings. The molecule has 46 valence electrons. The van der Waals surface area contributed by atoms with Gasteiger partial charge in [-0.05, 0) is 6.92 Å². The fourth-order valence-electron chi connectivity index (χ4n) is 0.168. The quantitative estimate of drug-likeness (QED) is 0.410. The lowest BCUT2D eigenvalue weighted by Gasteiger charge is -1.89. The Morgan fingerprint density at radius 2 is 2.12 bits per heavy atom. The molecule has 0 spiro atoms. The fraction of sp³-hybridized carbons (Fsp3) is 0.400. The van der Waals surface area contributed by atoms with Crippen LogP contribution in [0.25, 0.3) is 0 Å². The lowest BCUT2D eigenvalue weighted by atomic mass is 10.6. The first-order valence-corrected chi connectivity index (χ1v) is 2.16. The molecule has 3 nitrogen and oxygen atoms in total. The molecular formula is C5H8O3.